The molecule has 1 unspecified atom stereocenters. The topological polar surface area (TPSA) is 47.6 Å². The molecular formula is C15H30N4O. The largest absolute Gasteiger partial charge is 0.333 e. The molecule has 2 N–H and O–H groups in total. The number of nitrogens with zero attached hydrogens (tertiary/aromatic N) is 2. The number of rotatable bonds is 2. The molecule has 20 heavy (non-hydrogen) atoms. The number of carbonyl (C=O) groups is 1. The number of nitrogens with one attached hydrogen (secondary N) is 2. The first-order valence-corrected chi connectivity index (χ1v) is 7.78. The molecule has 0 radical (unpaired) electrons. The summed E-state index contributed by atoms with van der Waals surface area (Å²) < 4.78 is 0. The highest BCUT2D eigenvalue weighted by Crippen LogP contribution is 2.26. The molecule has 116 valence electrons. The summed E-state index contributed by atoms with van der Waals surface area (Å²) in [7, 11) is 0. The van der Waals surface area contributed by atoms with Gasteiger partial charge in [0.1, 0.15) is 0 Å². The summed E-state index contributed by atoms with van der Waals surface area (Å²) in [5.74, 6) is 0. The second kappa shape index (κ2) is 5.90. The minimum absolute atomic E-state index is 0.0749. The van der Waals surface area contributed by atoms with Crippen LogP contribution in [0.4, 0.5) is 4.79 Å². The van der Waals surface area contributed by atoms with Crippen LogP contribution in [0.15, 0.2) is 0 Å². The summed E-state index contributed by atoms with van der Waals surface area (Å²) in [5, 5.41) is 6.50. The van der Waals surface area contributed by atoms with Gasteiger partial charge in [-0.15, -0.1) is 0 Å². The zero-order valence-corrected chi connectivity index (χ0v) is 13.5. The van der Waals surface area contributed by atoms with Gasteiger partial charge in [-0.05, 0) is 39.2 Å². The average Bonchev–Trinajstić information content (AvgIpc) is 2.74. The predicted octanol–water partition coefficient (Wildman–Crippen LogP) is 1.11. The lowest BCUT2D eigenvalue weighted by Gasteiger charge is -2.39. The zero-order chi connectivity index (χ0) is 14.8. The van der Waals surface area contributed by atoms with E-state index in [4.69, 9.17) is 0 Å². The van der Waals surface area contributed by atoms with E-state index in [1.54, 1.807) is 0 Å². The lowest BCUT2D eigenvalue weighted by molar-refractivity contribution is 0.105. The van der Waals surface area contributed by atoms with Crippen LogP contribution in [0.5, 0.6) is 0 Å². The summed E-state index contributed by atoms with van der Waals surface area (Å²) in [5.41, 5.74) is 0.257. The molecule has 1 atom stereocenters. The highest BCUT2D eigenvalue weighted by Gasteiger charge is 2.32. The Balaban J connectivity index is 1.76. The number of hydrogen-bond donors (Lipinski definition) is 2. The van der Waals surface area contributed by atoms with Crippen molar-refractivity contribution in [1.82, 2.24) is 20.4 Å². The molecule has 2 aliphatic rings. The van der Waals surface area contributed by atoms with E-state index in [1.807, 2.05) is 25.7 Å². The highest BCUT2D eigenvalue weighted by atomic mass is 16.2. The van der Waals surface area contributed by atoms with Crippen molar-refractivity contribution in [2.24, 2.45) is 5.41 Å². The van der Waals surface area contributed by atoms with Gasteiger partial charge in [-0.1, -0.05) is 6.92 Å². The van der Waals surface area contributed by atoms with Crippen LogP contribution in [0, 0.1) is 5.41 Å². The molecule has 0 aromatic rings. The lowest BCUT2D eigenvalue weighted by Crippen LogP contribution is -2.56. The zero-order valence-electron chi connectivity index (χ0n) is 13.5. The molecule has 2 heterocycles. The van der Waals surface area contributed by atoms with Crippen molar-refractivity contribution in [1.29, 1.82) is 0 Å². The summed E-state index contributed by atoms with van der Waals surface area (Å²) in [4.78, 5) is 16.6. The van der Waals surface area contributed by atoms with E-state index in [9.17, 15) is 4.79 Å². The molecule has 0 aromatic carbocycles. The van der Waals surface area contributed by atoms with Crippen LogP contribution in [-0.4, -0.2) is 67.2 Å². The Hall–Kier alpha value is -0.810. The Kier molecular flexibility index (Phi) is 4.59. The Bertz CT molecular complexity index is 336. The molecule has 2 rings (SSSR count). The Labute approximate surface area is 123 Å². The highest BCUT2D eigenvalue weighted by molar-refractivity contribution is 5.75. The second-order valence-corrected chi connectivity index (χ2v) is 7.68. The molecule has 2 aliphatic heterocycles. The fourth-order valence-electron chi connectivity index (χ4n) is 3.05. The van der Waals surface area contributed by atoms with Crippen molar-refractivity contribution in [3.63, 3.8) is 0 Å². The van der Waals surface area contributed by atoms with Crippen LogP contribution < -0.4 is 10.6 Å². The molecule has 0 saturated carbocycles. The van der Waals surface area contributed by atoms with Gasteiger partial charge in [0.2, 0.25) is 0 Å². The van der Waals surface area contributed by atoms with Crippen LogP contribution >= 0.6 is 0 Å². The second-order valence-electron chi connectivity index (χ2n) is 7.68. The van der Waals surface area contributed by atoms with E-state index >= 15 is 0 Å². The van der Waals surface area contributed by atoms with Crippen molar-refractivity contribution in [2.75, 3.05) is 45.8 Å². The molecule has 5 nitrogen and oxygen atoms in total. The molecule has 2 amide bonds. The first kappa shape index (κ1) is 15.6. The summed E-state index contributed by atoms with van der Waals surface area (Å²) in [6, 6.07) is 0.0749. The van der Waals surface area contributed by atoms with Gasteiger partial charge in [0, 0.05) is 44.8 Å². The van der Waals surface area contributed by atoms with E-state index in [-0.39, 0.29) is 11.6 Å². The molecule has 2 fully saturated rings. The first-order chi connectivity index (χ1) is 9.27. The molecule has 0 spiro atoms. The standard InChI is InChI=1S/C15H30N4O/c1-14(2,3)17-13(20)19-9-7-18(8-10-19)12-15(4)5-6-16-11-15/h16H,5-12H2,1-4H3,(H,17,20). The third kappa shape index (κ3) is 4.35. The van der Waals surface area contributed by atoms with Gasteiger partial charge in [0.15, 0.2) is 0 Å². The number of urea groups is 1. The van der Waals surface area contributed by atoms with Crippen LogP contribution in [0.1, 0.15) is 34.1 Å². The maximum absolute atomic E-state index is 12.1. The Morgan fingerprint density at radius 3 is 2.40 bits per heavy atom. The quantitative estimate of drug-likeness (QED) is 0.798. The average molecular weight is 282 g/mol. The van der Waals surface area contributed by atoms with E-state index in [0.29, 0.717) is 5.41 Å². The van der Waals surface area contributed by atoms with E-state index in [2.05, 4.69) is 22.5 Å². The molecular weight excluding hydrogens is 252 g/mol. The maximum Gasteiger partial charge on any atom is 0.317 e. The molecule has 0 aromatic heterocycles. The van der Waals surface area contributed by atoms with Crippen molar-refractivity contribution in [3.05, 3.63) is 0 Å². The van der Waals surface area contributed by atoms with Crippen LogP contribution in [0.2, 0.25) is 0 Å². The van der Waals surface area contributed by atoms with Gasteiger partial charge >= 0.3 is 6.03 Å². The smallest absolute Gasteiger partial charge is 0.317 e. The Morgan fingerprint density at radius 1 is 1.25 bits per heavy atom. The van der Waals surface area contributed by atoms with Crippen LogP contribution in [0.25, 0.3) is 0 Å². The van der Waals surface area contributed by atoms with E-state index in [0.717, 1.165) is 45.8 Å². The SMILES string of the molecule is CC1(CN2CCN(C(=O)NC(C)(C)C)CC2)CCNC1. The molecule has 0 aliphatic carbocycles. The molecule has 0 bridgehead atoms. The van der Waals surface area contributed by atoms with Gasteiger partial charge in [-0.2, -0.15) is 0 Å². The monoisotopic (exact) mass is 282 g/mol. The Morgan fingerprint density at radius 2 is 1.90 bits per heavy atom. The fraction of sp³-hybridized carbons (Fsp3) is 0.933. The van der Waals surface area contributed by atoms with Crippen molar-refractivity contribution in [2.45, 2.75) is 39.7 Å². The fourth-order valence-corrected chi connectivity index (χ4v) is 3.05. The third-order valence-electron chi connectivity index (χ3n) is 4.20. The van der Waals surface area contributed by atoms with Crippen molar-refractivity contribution < 1.29 is 4.79 Å². The minimum atomic E-state index is -0.156. The van der Waals surface area contributed by atoms with Gasteiger partial charge in [0.25, 0.3) is 0 Å². The summed E-state index contributed by atoms with van der Waals surface area (Å²) >= 11 is 0. The van der Waals surface area contributed by atoms with Crippen molar-refractivity contribution in [3.8, 4) is 0 Å². The van der Waals surface area contributed by atoms with Crippen LogP contribution in [-0.2, 0) is 0 Å². The number of piperazine rings is 1. The normalized spacial score (nSPS) is 28.7. The molecule has 5 heteroatoms. The van der Waals surface area contributed by atoms with Crippen molar-refractivity contribution >= 4 is 6.03 Å². The first-order valence-electron chi connectivity index (χ1n) is 7.78. The van der Waals surface area contributed by atoms with Gasteiger partial charge < -0.3 is 15.5 Å². The third-order valence-corrected chi connectivity index (χ3v) is 4.20. The summed E-state index contributed by atoms with van der Waals surface area (Å²) in [6.45, 7) is 15.5. The van der Waals surface area contributed by atoms with Gasteiger partial charge in [-0.3, -0.25) is 4.90 Å². The predicted molar refractivity (Wildman–Crippen MR) is 81.9 cm³/mol. The number of amides is 2. The van der Waals surface area contributed by atoms with E-state index in [1.165, 1.54) is 6.42 Å². The van der Waals surface area contributed by atoms with Gasteiger partial charge in [0.05, 0.1) is 0 Å². The number of carbonyl (C=O) groups excluding carboxylic acids is 1. The van der Waals surface area contributed by atoms with Crippen LogP contribution in [0.3, 0.4) is 0 Å². The summed E-state index contributed by atoms with van der Waals surface area (Å²) in [6.07, 6.45) is 1.26. The van der Waals surface area contributed by atoms with E-state index < -0.39 is 0 Å². The molecule has 2 saturated heterocycles. The van der Waals surface area contributed by atoms with Gasteiger partial charge in [-0.25, -0.2) is 4.79 Å². The minimum Gasteiger partial charge on any atom is -0.333 e. The number of hydrogen-bond acceptors (Lipinski definition) is 3. The maximum atomic E-state index is 12.1. The lowest BCUT2D eigenvalue weighted by atomic mass is 9.89.